The fraction of sp³-hybridized carbons (Fsp3) is 0.706. The van der Waals surface area contributed by atoms with Crippen molar-refractivity contribution in [3.05, 3.63) is 11.8 Å². The first kappa shape index (κ1) is 18.1. The van der Waals surface area contributed by atoms with Gasteiger partial charge in [-0.3, -0.25) is 4.79 Å². The smallest absolute Gasteiger partial charge is 0.210 e. The molecular weight excluding hydrogens is 312 g/mol. The van der Waals surface area contributed by atoms with E-state index in [-0.39, 0.29) is 12.5 Å². The normalized spacial score (nSPS) is 16.4. The molecule has 2 N–H and O–H groups in total. The van der Waals surface area contributed by atoms with Crippen LogP contribution in [-0.2, 0) is 20.5 Å². The predicted molar refractivity (Wildman–Crippen MR) is 93.8 cm³/mol. The molecule has 6 heteroatoms. The average Bonchev–Trinajstić information content (AvgIpc) is 2.91. The lowest BCUT2D eigenvalue weighted by Crippen LogP contribution is -2.42. The van der Waals surface area contributed by atoms with Gasteiger partial charge in [0.25, 0.3) is 0 Å². The summed E-state index contributed by atoms with van der Waals surface area (Å²) in [6.45, 7) is 7.39. The monoisotopic (exact) mass is 339 g/mol. The Morgan fingerprint density at radius 3 is 2.65 bits per heavy atom. The van der Waals surface area contributed by atoms with E-state index in [9.17, 15) is 9.90 Å². The third kappa shape index (κ3) is 4.00. The maximum Gasteiger partial charge on any atom is 0.210 e. The number of hydrogen-bond donors (Lipinski definition) is 2. The highest BCUT2D eigenvalue weighted by Crippen LogP contribution is 2.30. The summed E-state index contributed by atoms with van der Waals surface area (Å²) in [6.07, 6.45) is 3.72. The van der Waals surface area contributed by atoms with Crippen LogP contribution in [0.4, 0.5) is 5.82 Å². The molecule has 130 valence electrons. The number of nitrogens with zero attached hydrogens (tertiary/aromatic N) is 1. The second-order valence-electron chi connectivity index (χ2n) is 7.48. The zero-order chi connectivity index (χ0) is 17.3. The molecule has 1 heterocycles. The van der Waals surface area contributed by atoms with Crippen LogP contribution < -0.4 is 5.32 Å². The molecule has 23 heavy (non-hydrogen) atoms. The van der Waals surface area contributed by atoms with Gasteiger partial charge in [0.05, 0.1) is 6.61 Å². The molecule has 0 spiro atoms. The summed E-state index contributed by atoms with van der Waals surface area (Å²) in [4.78, 5) is 12.6. The van der Waals surface area contributed by atoms with Crippen LogP contribution in [0.5, 0.6) is 0 Å². The fourth-order valence-electron chi connectivity index (χ4n) is 2.24. The van der Waals surface area contributed by atoms with Gasteiger partial charge in [-0.15, -0.1) is 5.75 Å². The van der Waals surface area contributed by atoms with E-state index in [4.69, 9.17) is 10.2 Å². The fourth-order valence-corrected chi connectivity index (χ4v) is 3.79. The van der Waals surface area contributed by atoms with Gasteiger partial charge < -0.3 is 30.9 Å². The SMILES string of the molecule is C#[S-](CC1CCC1)C(C)(C)C(=O)Nc1cc(C(C)(C)CO)on1. The van der Waals surface area contributed by atoms with Crippen LogP contribution in [0.1, 0.15) is 52.7 Å². The molecule has 1 aliphatic rings. The lowest BCUT2D eigenvalue weighted by molar-refractivity contribution is -0.117. The van der Waals surface area contributed by atoms with Crippen molar-refractivity contribution in [2.24, 2.45) is 5.92 Å². The lowest BCUT2D eigenvalue weighted by Gasteiger charge is -2.41. The zero-order valence-electron chi connectivity index (χ0n) is 14.4. The molecule has 0 radical (unpaired) electrons. The molecule has 1 aromatic rings. The van der Waals surface area contributed by atoms with E-state index in [1.807, 2.05) is 27.7 Å². The molecule has 5 nitrogen and oxygen atoms in total. The van der Waals surface area contributed by atoms with Crippen molar-refractivity contribution in [2.75, 3.05) is 17.7 Å². The van der Waals surface area contributed by atoms with Crippen molar-refractivity contribution >= 4 is 22.0 Å². The number of carbonyl (C=O) groups is 1. The summed E-state index contributed by atoms with van der Waals surface area (Å²) in [5.41, 5.74) is 5.77. The minimum Gasteiger partial charge on any atom is -0.443 e. The Balaban J connectivity index is 2.01. The van der Waals surface area contributed by atoms with Crippen molar-refractivity contribution in [1.29, 1.82) is 0 Å². The van der Waals surface area contributed by atoms with Crippen LogP contribution in [0.2, 0.25) is 0 Å². The molecule has 1 saturated carbocycles. The molecule has 0 saturated heterocycles. The Morgan fingerprint density at radius 1 is 1.48 bits per heavy atom. The lowest BCUT2D eigenvalue weighted by atomic mass is 9.87. The topological polar surface area (TPSA) is 75.4 Å². The minimum atomic E-state index is -0.652. The molecule has 1 fully saturated rings. The molecule has 0 aromatic carbocycles. The standard InChI is InChI=1S/C17H27N2O3S/c1-16(2,11-20)13-9-14(19-22-13)18-15(21)17(3,4)23(5)10-12-7-6-8-12/h5,9,12,20H,6-8,10-11H2,1-4H3,(H,18,19,21)/q-1. The molecule has 1 aromatic heterocycles. The summed E-state index contributed by atoms with van der Waals surface area (Å²) in [5, 5.41) is 16.0. The highest BCUT2D eigenvalue weighted by Gasteiger charge is 2.27. The summed E-state index contributed by atoms with van der Waals surface area (Å²) >= 11 is 0. The number of carbonyl (C=O) groups excluding carboxylic acids is 1. The number of anilines is 1. The first-order chi connectivity index (χ1) is 10.7. The summed E-state index contributed by atoms with van der Waals surface area (Å²) in [5.74, 6) is 2.32. The highest BCUT2D eigenvalue weighted by molar-refractivity contribution is 7.88. The van der Waals surface area contributed by atoms with E-state index >= 15 is 0 Å². The first-order valence-corrected chi connectivity index (χ1v) is 9.47. The van der Waals surface area contributed by atoms with E-state index in [0.717, 1.165) is 5.75 Å². The van der Waals surface area contributed by atoms with Crippen LogP contribution in [0, 0.1) is 11.6 Å². The Labute approximate surface area is 140 Å². The quantitative estimate of drug-likeness (QED) is 0.809. The van der Waals surface area contributed by atoms with Gasteiger partial charge in [-0.1, -0.05) is 58.0 Å². The van der Waals surface area contributed by atoms with Crippen molar-refractivity contribution in [1.82, 2.24) is 5.16 Å². The zero-order valence-corrected chi connectivity index (χ0v) is 15.2. The van der Waals surface area contributed by atoms with Gasteiger partial charge in [-0.2, -0.15) is 0 Å². The third-order valence-corrected chi connectivity index (χ3v) is 6.98. The predicted octanol–water partition coefficient (Wildman–Crippen LogP) is 2.67. The summed E-state index contributed by atoms with van der Waals surface area (Å²) < 4.78 is 4.58. The molecule has 1 aliphatic carbocycles. The third-order valence-electron chi connectivity index (χ3n) is 4.66. The Hall–Kier alpha value is -1.23. The van der Waals surface area contributed by atoms with Gasteiger partial charge in [0, 0.05) is 11.5 Å². The maximum absolute atomic E-state index is 12.6. The average molecular weight is 339 g/mol. The van der Waals surface area contributed by atoms with Crippen molar-refractivity contribution < 1.29 is 14.4 Å². The van der Waals surface area contributed by atoms with Gasteiger partial charge in [0.2, 0.25) is 5.91 Å². The number of nitrogens with one attached hydrogen (secondary N) is 1. The number of hydrogen-bond acceptors (Lipinski definition) is 5. The van der Waals surface area contributed by atoms with Crippen LogP contribution in [0.25, 0.3) is 0 Å². The largest absolute Gasteiger partial charge is 0.443 e. The second-order valence-corrected chi connectivity index (χ2v) is 9.69. The van der Waals surface area contributed by atoms with Crippen LogP contribution in [0.3, 0.4) is 0 Å². The number of aromatic nitrogens is 1. The van der Waals surface area contributed by atoms with Gasteiger partial charge >= 0.3 is 0 Å². The highest BCUT2D eigenvalue weighted by atomic mass is 32.2. The number of rotatable bonds is 5. The first-order valence-electron chi connectivity index (χ1n) is 8.01. The van der Waals surface area contributed by atoms with Gasteiger partial charge in [-0.05, 0) is 4.75 Å². The van der Waals surface area contributed by atoms with Gasteiger partial charge in [0.15, 0.2) is 5.82 Å². The Kier molecular flexibility index (Phi) is 5.29. The van der Waals surface area contributed by atoms with Crippen LogP contribution in [-0.4, -0.2) is 33.3 Å². The Bertz CT molecular complexity index is 636. The van der Waals surface area contributed by atoms with Crippen molar-refractivity contribution in [3.63, 3.8) is 0 Å². The molecular formula is C17H27N2O3S-. The van der Waals surface area contributed by atoms with Crippen LogP contribution in [0.15, 0.2) is 10.6 Å². The van der Waals surface area contributed by atoms with Gasteiger partial charge in [0.1, 0.15) is 5.76 Å². The summed E-state index contributed by atoms with van der Waals surface area (Å²) in [7, 11) is -0.485. The maximum atomic E-state index is 12.6. The molecule has 2 rings (SSSR count). The van der Waals surface area contributed by atoms with E-state index < -0.39 is 20.5 Å². The number of aliphatic hydroxyl groups excluding tert-OH is 1. The molecule has 0 aliphatic heterocycles. The van der Waals surface area contributed by atoms with Crippen molar-refractivity contribution in [3.8, 4) is 5.69 Å². The van der Waals surface area contributed by atoms with E-state index in [1.54, 1.807) is 6.07 Å². The van der Waals surface area contributed by atoms with E-state index in [0.29, 0.717) is 17.5 Å². The summed E-state index contributed by atoms with van der Waals surface area (Å²) in [6, 6.07) is 1.66. The molecule has 0 bridgehead atoms. The Morgan fingerprint density at radius 2 is 2.13 bits per heavy atom. The second kappa shape index (κ2) is 6.71. The molecule has 1 amide bonds. The number of amides is 1. The van der Waals surface area contributed by atoms with Crippen LogP contribution >= 0.6 is 0 Å². The van der Waals surface area contributed by atoms with E-state index in [1.165, 1.54) is 19.3 Å². The molecule has 0 atom stereocenters. The van der Waals surface area contributed by atoms with Gasteiger partial charge in [-0.25, -0.2) is 0 Å². The van der Waals surface area contributed by atoms with Crippen molar-refractivity contribution in [2.45, 2.75) is 57.1 Å². The van der Waals surface area contributed by atoms with E-state index in [2.05, 4.69) is 10.5 Å². The minimum absolute atomic E-state index is 0.0608. The molecule has 0 unspecified atom stereocenters. The number of aliphatic hydroxyl groups is 1.